The molecular weight excluding hydrogens is 342 g/mol. The van der Waals surface area contributed by atoms with Crippen LogP contribution >= 0.6 is 11.8 Å². The van der Waals surface area contributed by atoms with Crippen LogP contribution in [0.25, 0.3) is 11.5 Å². The molecule has 0 aliphatic rings. The molecule has 8 heteroatoms. The zero-order chi connectivity index (χ0) is 17.8. The number of benzene rings is 2. The number of nitrogens with zero attached hydrogens (tertiary/aromatic N) is 3. The van der Waals surface area contributed by atoms with Crippen LogP contribution < -0.4 is 4.74 Å². The van der Waals surface area contributed by atoms with Gasteiger partial charge in [0.1, 0.15) is 5.75 Å². The zero-order valence-corrected chi connectivity index (χ0v) is 14.4. The molecule has 2 aromatic carbocycles. The molecule has 1 heterocycles. The number of nitro benzene ring substituents is 1. The largest absolute Gasteiger partial charge is 0.497 e. The average molecular weight is 357 g/mol. The molecule has 3 rings (SSSR count). The predicted octanol–water partition coefficient (Wildman–Crippen LogP) is 4.51. The van der Waals surface area contributed by atoms with E-state index in [1.807, 2.05) is 31.2 Å². The van der Waals surface area contributed by atoms with E-state index in [-0.39, 0.29) is 10.9 Å². The average Bonchev–Trinajstić information content (AvgIpc) is 3.12. The summed E-state index contributed by atoms with van der Waals surface area (Å²) in [5.41, 5.74) is 0.661. The highest BCUT2D eigenvalue weighted by Gasteiger charge is 2.17. The molecule has 1 aromatic heterocycles. The molecule has 25 heavy (non-hydrogen) atoms. The minimum absolute atomic E-state index is 0.0189. The monoisotopic (exact) mass is 357 g/mol. The second kappa shape index (κ2) is 7.35. The number of nitro groups is 1. The standard InChI is InChI=1S/C17H15N3O4S/c1-11(25-15-5-3-4-14(10-15)23-2)16-18-19-17(24-16)12-6-8-13(9-7-12)20(21)22/h3-11H,1-2H3. The second-order valence-electron chi connectivity index (χ2n) is 5.19. The molecule has 0 spiro atoms. The molecule has 128 valence electrons. The molecule has 0 aliphatic heterocycles. The molecule has 3 aromatic rings. The van der Waals surface area contributed by atoms with E-state index in [9.17, 15) is 10.1 Å². The summed E-state index contributed by atoms with van der Waals surface area (Å²) < 4.78 is 10.9. The van der Waals surface area contributed by atoms with Crippen molar-refractivity contribution in [2.45, 2.75) is 17.1 Å². The van der Waals surface area contributed by atoms with E-state index >= 15 is 0 Å². The van der Waals surface area contributed by atoms with Gasteiger partial charge in [-0.3, -0.25) is 10.1 Å². The minimum atomic E-state index is -0.449. The zero-order valence-electron chi connectivity index (χ0n) is 13.6. The van der Waals surface area contributed by atoms with Crippen LogP contribution in [-0.2, 0) is 0 Å². The van der Waals surface area contributed by atoms with E-state index in [2.05, 4.69) is 10.2 Å². The lowest BCUT2D eigenvalue weighted by Gasteiger charge is -2.08. The van der Waals surface area contributed by atoms with Gasteiger partial charge in [0.2, 0.25) is 11.8 Å². The van der Waals surface area contributed by atoms with Crippen molar-refractivity contribution in [2.75, 3.05) is 7.11 Å². The van der Waals surface area contributed by atoms with Gasteiger partial charge in [0, 0.05) is 22.6 Å². The van der Waals surface area contributed by atoms with Gasteiger partial charge in [0.05, 0.1) is 17.3 Å². The summed E-state index contributed by atoms with van der Waals surface area (Å²) in [6.45, 7) is 1.97. The number of rotatable bonds is 6. The van der Waals surface area contributed by atoms with Gasteiger partial charge >= 0.3 is 0 Å². The van der Waals surface area contributed by atoms with E-state index in [4.69, 9.17) is 9.15 Å². The molecule has 0 aliphatic carbocycles. The van der Waals surface area contributed by atoms with Gasteiger partial charge in [0.25, 0.3) is 5.69 Å². The summed E-state index contributed by atoms with van der Waals surface area (Å²) in [5.74, 6) is 1.61. The number of hydrogen-bond acceptors (Lipinski definition) is 7. The fourth-order valence-corrected chi connectivity index (χ4v) is 3.12. The molecule has 0 N–H and O–H groups in total. The highest BCUT2D eigenvalue weighted by Crippen LogP contribution is 2.36. The Labute approximate surface area is 148 Å². The van der Waals surface area contributed by atoms with Crippen molar-refractivity contribution in [2.24, 2.45) is 0 Å². The molecule has 1 atom stereocenters. The van der Waals surface area contributed by atoms with Crippen LogP contribution in [0.5, 0.6) is 5.75 Å². The Balaban J connectivity index is 1.74. The van der Waals surface area contributed by atoms with Gasteiger partial charge in [0.15, 0.2) is 0 Å². The summed E-state index contributed by atoms with van der Waals surface area (Å²) >= 11 is 1.58. The summed E-state index contributed by atoms with van der Waals surface area (Å²) in [5, 5.41) is 18.8. The molecule has 1 unspecified atom stereocenters. The van der Waals surface area contributed by atoms with Crippen LogP contribution in [0.3, 0.4) is 0 Å². The van der Waals surface area contributed by atoms with E-state index in [1.165, 1.54) is 12.1 Å². The Kier molecular flexibility index (Phi) is 4.99. The van der Waals surface area contributed by atoms with E-state index in [0.29, 0.717) is 17.3 Å². The summed E-state index contributed by atoms with van der Waals surface area (Å²) in [7, 11) is 1.63. The van der Waals surface area contributed by atoms with Crippen LogP contribution in [0.2, 0.25) is 0 Å². The smallest absolute Gasteiger partial charge is 0.269 e. The van der Waals surface area contributed by atoms with Crippen molar-refractivity contribution in [3.8, 4) is 17.2 Å². The first-order valence-electron chi connectivity index (χ1n) is 7.46. The van der Waals surface area contributed by atoms with Gasteiger partial charge in [-0.25, -0.2) is 0 Å². The Morgan fingerprint density at radius 3 is 2.64 bits per heavy atom. The lowest BCUT2D eigenvalue weighted by Crippen LogP contribution is -1.89. The lowest BCUT2D eigenvalue weighted by molar-refractivity contribution is -0.384. The van der Waals surface area contributed by atoms with Crippen molar-refractivity contribution in [1.29, 1.82) is 0 Å². The maximum Gasteiger partial charge on any atom is 0.269 e. The van der Waals surface area contributed by atoms with Gasteiger partial charge < -0.3 is 9.15 Å². The summed E-state index contributed by atoms with van der Waals surface area (Å²) in [6.07, 6.45) is 0. The van der Waals surface area contributed by atoms with Crippen LogP contribution in [-0.4, -0.2) is 22.2 Å². The van der Waals surface area contributed by atoms with Crippen LogP contribution in [0.15, 0.2) is 57.8 Å². The number of thioether (sulfide) groups is 1. The SMILES string of the molecule is COc1cccc(SC(C)c2nnc(-c3ccc([N+](=O)[O-])cc3)o2)c1. The second-order valence-corrected chi connectivity index (χ2v) is 6.60. The van der Waals surface area contributed by atoms with Gasteiger partial charge in [-0.15, -0.1) is 22.0 Å². The number of ether oxygens (including phenoxy) is 1. The topological polar surface area (TPSA) is 91.3 Å². The van der Waals surface area contributed by atoms with Gasteiger partial charge in [-0.05, 0) is 37.3 Å². The Hall–Kier alpha value is -2.87. The quantitative estimate of drug-likeness (QED) is 0.364. The van der Waals surface area contributed by atoms with Crippen molar-refractivity contribution in [1.82, 2.24) is 10.2 Å². The van der Waals surface area contributed by atoms with Crippen LogP contribution in [0.1, 0.15) is 18.1 Å². The normalized spacial score (nSPS) is 11.9. The number of aromatic nitrogens is 2. The van der Waals surface area contributed by atoms with Gasteiger partial charge in [-0.2, -0.15) is 0 Å². The Morgan fingerprint density at radius 2 is 1.96 bits per heavy atom. The number of non-ortho nitro benzene ring substituents is 1. The summed E-state index contributed by atoms with van der Waals surface area (Å²) in [4.78, 5) is 11.3. The maximum absolute atomic E-state index is 10.7. The molecule has 0 fully saturated rings. The van der Waals surface area contributed by atoms with Crippen molar-refractivity contribution >= 4 is 17.4 Å². The van der Waals surface area contributed by atoms with E-state index in [1.54, 1.807) is 31.0 Å². The van der Waals surface area contributed by atoms with E-state index < -0.39 is 4.92 Å². The molecule has 0 bridgehead atoms. The third kappa shape index (κ3) is 3.97. The van der Waals surface area contributed by atoms with Crippen molar-refractivity contribution in [3.05, 3.63) is 64.5 Å². The molecule has 7 nitrogen and oxygen atoms in total. The first-order valence-corrected chi connectivity index (χ1v) is 8.33. The first-order chi connectivity index (χ1) is 12.1. The first kappa shape index (κ1) is 17.0. The van der Waals surface area contributed by atoms with E-state index in [0.717, 1.165) is 10.6 Å². The van der Waals surface area contributed by atoms with Crippen LogP contribution in [0, 0.1) is 10.1 Å². The minimum Gasteiger partial charge on any atom is -0.497 e. The van der Waals surface area contributed by atoms with Crippen molar-refractivity contribution < 1.29 is 14.1 Å². The Bertz CT molecular complexity index is 880. The molecule has 0 amide bonds. The fourth-order valence-electron chi connectivity index (χ4n) is 2.17. The highest BCUT2D eigenvalue weighted by molar-refractivity contribution is 7.99. The van der Waals surface area contributed by atoms with Crippen molar-refractivity contribution in [3.63, 3.8) is 0 Å². The lowest BCUT2D eigenvalue weighted by atomic mass is 10.2. The third-order valence-electron chi connectivity index (χ3n) is 3.47. The van der Waals surface area contributed by atoms with Gasteiger partial charge in [-0.1, -0.05) is 6.07 Å². The molecule has 0 radical (unpaired) electrons. The fraction of sp³-hybridized carbons (Fsp3) is 0.176. The number of methoxy groups -OCH3 is 1. The summed E-state index contributed by atoms with van der Waals surface area (Å²) in [6, 6.07) is 13.7. The maximum atomic E-state index is 10.7. The number of hydrogen-bond donors (Lipinski definition) is 0. The molecular formula is C17H15N3O4S. The third-order valence-corrected chi connectivity index (χ3v) is 4.55. The predicted molar refractivity (Wildman–Crippen MR) is 93.7 cm³/mol. The Morgan fingerprint density at radius 1 is 1.20 bits per heavy atom. The molecule has 0 saturated heterocycles. The molecule has 0 saturated carbocycles. The highest BCUT2D eigenvalue weighted by atomic mass is 32.2. The van der Waals surface area contributed by atoms with Crippen LogP contribution in [0.4, 0.5) is 5.69 Å².